The molecular weight excluding hydrogens is 202 g/mol. The smallest absolute Gasteiger partial charge is 0.246 e. The van der Waals surface area contributed by atoms with Gasteiger partial charge in [0.1, 0.15) is 11.5 Å². The van der Waals surface area contributed by atoms with E-state index in [2.05, 4.69) is 13.5 Å². The Labute approximate surface area is 95.7 Å². The normalized spacial score (nSPS) is 22.9. The predicted molar refractivity (Wildman–Crippen MR) is 61.9 cm³/mol. The van der Waals surface area contributed by atoms with Gasteiger partial charge >= 0.3 is 0 Å². The molecule has 86 valence electrons. The topological polar surface area (TPSA) is 33.5 Å². The van der Waals surface area contributed by atoms with Crippen LogP contribution in [0.4, 0.5) is 0 Å². The molecule has 2 rings (SSSR count). The molecule has 1 aromatic rings. The van der Waals surface area contributed by atoms with Gasteiger partial charge in [0.15, 0.2) is 0 Å². The second kappa shape index (κ2) is 4.16. The quantitative estimate of drug-likeness (QED) is 0.729. The molecule has 1 aliphatic carbocycles. The first kappa shape index (κ1) is 11.0. The second-order valence-electron chi connectivity index (χ2n) is 4.52. The third kappa shape index (κ3) is 2.18. The Morgan fingerprint density at radius 3 is 2.94 bits per heavy atom. The average Bonchev–Trinajstić information content (AvgIpc) is 2.82. The van der Waals surface area contributed by atoms with Crippen LogP contribution in [0.1, 0.15) is 30.8 Å². The fourth-order valence-electron chi connectivity index (χ4n) is 1.86. The Morgan fingerprint density at radius 1 is 1.69 bits per heavy atom. The molecule has 1 amide bonds. The van der Waals surface area contributed by atoms with Crippen molar-refractivity contribution in [1.82, 2.24) is 4.90 Å². The second-order valence-corrected chi connectivity index (χ2v) is 4.52. The van der Waals surface area contributed by atoms with Crippen molar-refractivity contribution in [3.63, 3.8) is 0 Å². The van der Waals surface area contributed by atoms with Gasteiger partial charge in [-0.1, -0.05) is 13.5 Å². The van der Waals surface area contributed by atoms with E-state index in [4.69, 9.17) is 4.42 Å². The zero-order chi connectivity index (χ0) is 11.7. The molecule has 1 fully saturated rings. The van der Waals surface area contributed by atoms with Crippen molar-refractivity contribution in [2.24, 2.45) is 5.92 Å². The Kier molecular flexibility index (Phi) is 2.86. The van der Waals surface area contributed by atoms with Crippen LogP contribution in [-0.4, -0.2) is 17.9 Å². The highest BCUT2D eigenvalue weighted by Crippen LogP contribution is 2.47. The molecule has 0 bridgehead atoms. The summed E-state index contributed by atoms with van der Waals surface area (Å²) >= 11 is 0. The molecule has 16 heavy (non-hydrogen) atoms. The number of amides is 1. The molecule has 0 saturated heterocycles. The summed E-state index contributed by atoms with van der Waals surface area (Å²) in [4.78, 5) is 12.9. The standard InChI is InChI=1S/C13H17NO2/c1-4-13(15)14(3)8-10-5-6-12(16-10)11-7-9(11)2/h4-6,9,11H,1,7-8H2,2-3H3. The highest BCUT2D eigenvalue weighted by atomic mass is 16.3. The maximum Gasteiger partial charge on any atom is 0.246 e. The van der Waals surface area contributed by atoms with Gasteiger partial charge in [-0.3, -0.25) is 4.79 Å². The zero-order valence-corrected chi connectivity index (χ0v) is 9.77. The van der Waals surface area contributed by atoms with E-state index in [1.54, 1.807) is 11.9 Å². The van der Waals surface area contributed by atoms with Crippen molar-refractivity contribution in [2.45, 2.75) is 25.8 Å². The number of carbonyl (C=O) groups is 1. The van der Waals surface area contributed by atoms with Crippen LogP contribution in [0.15, 0.2) is 29.2 Å². The van der Waals surface area contributed by atoms with E-state index in [1.807, 2.05) is 12.1 Å². The molecule has 2 unspecified atom stereocenters. The summed E-state index contributed by atoms with van der Waals surface area (Å²) in [5.74, 6) is 3.15. The average molecular weight is 219 g/mol. The molecule has 1 aromatic heterocycles. The van der Waals surface area contributed by atoms with Gasteiger partial charge in [-0.2, -0.15) is 0 Å². The molecule has 1 aliphatic rings. The summed E-state index contributed by atoms with van der Waals surface area (Å²) in [6.07, 6.45) is 2.53. The zero-order valence-electron chi connectivity index (χ0n) is 9.77. The lowest BCUT2D eigenvalue weighted by Gasteiger charge is -2.12. The first-order valence-electron chi connectivity index (χ1n) is 5.58. The molecule has 0 spiro atoms. The van der Waals surface area contributed by atoms with Crippen LogP contribution in [0.2, 0.25) is 0 Å². The van der Waals surface area contributed by atoms with Crippen molar-refractivity contribution in [3.05, 3.63) is 36.3 Å². The van der Waals surface area contributed by atoms with Crippen LogP contribution in [0.25, 0.3) is 0 Å². The number of carbonyl (C=O) groups excluding carboxylic acids is 1. The Bertz CT molecular complexity index is 408. The van der Waals surface area contributed by atoms with E-state index in [-0.39, 0.29) is 5.91 Å². The monoisotopic (exact) mass is 219 g/mol. The van der Waals surface area contributed by atoms with E-state index < -0.39 is 0 Å². The van der Waals surface area contributed by atoms with Crippen LogP contribution in [0.5, 0.6) is 0 Å². The Hall–Kier alpha value is -1.51. The van der Waals surface area contributed by atoms with Crippen molar-refractivity contribution in [1.29, 1.82) is 0 Å². The van der Waals surface area contributed by atoms with Crippen molar-refractivity contribution >= 4 is 5.91 Å². The molecule has 0 N–H and O–H groups in total. The largest absolute Gasteiger partial charge is 0.464 e. The van der Waals surface area contributed by atoms with Crippen LogP contribution in [0, 0.1) is 5.92 Å². The fraction of sp³-hybridized carbons (Fsp3) is 0.462. The van der Waals surface area contributed by atoms with Gasteiger partial charge in [0.2, 0.25) is 5.91 Å². The highest BCUT2D eigenvalue weighted by molar-refractivity contribution is 5.86. The van der Waals surface area contributed by atoms with Crippen LogP contribution < -0.4 is 0 Å². The number of rotatable bonds is 4. The van der Waals surface area contributed by atoms with Gasteiger partial charge in [-0.15, -0.1) is 0 Å². The van der Waals surface area contributed by atoms with E-state index in [9.17, 15) is 4.79 Å². The first-order chi connectivity index (χ1) is 7.61. The summed E-state index contributed by atoms with van der Waals surface area (Å²) in [5, 5.41) is 0. The Morgan fingerprint density at radius 2 is 2.38 bits per heavy atom. The van der Waals surface area contributed by atoms with Gasteiger partial charge < -0.3 is 9.32 Å². The summed E-state index contributed by atoms with van der Waals surface area (Å²) in [6, 6.07) is 3.98. The van der Waals surface area contributed by atoms with E-state index in [0.29, 0.717) is 12.5 Å². The lowest BCUT2D eigenvalue weighted by Crippen LogP contribution is -2.23. The lowest BCUT2D eigenvalue weighted by molar-refractivity contribution is -0.125. The fourth-order valence-corrected chi connectivity index (χ4v) is 1.86. The van der Waals surface area contributed by atoms with Crippen molar-refractivity contribution < 1.29 is 9.21 Å². The third-order valence-corrected chi connectivity index (χ3v) is 3.10. The minimum Gasteiger partial charge on any atom is -0.464 e. The predicted octanol–water partition coefficient (Wildman–Crippen LogP) is 2.55. The SMILES string of the molecule is C=CC(=O)N(C)Cc1ccc(C2CC2C)o1. The number of furan rings is 1. The molecule has 0 radical (unpaired) electrons. The molecule has 3 heteroatoms. The van der Waals surface area contributed by atoms with E-state index in [1.165, 1.54) is 12.5 Å². The molecule has 0 aromatic carbocycles. The van der Waals surface area contributed by atoms with E-state index >= 15 is 0 Å². The van der Waals surface area contributed by atoms with Crippen LogP contribution >= 0.6 is 0 Å². The molecule has 1 heterocycles. The first-order valence-corrected chi connectivity index (χ1v) is 5.58. The molecule has 2 atom stereocenters. The minimum absolute atomic E-state index is 0.0854. The number of hydrogen-bond donors (Lipinski definition) is 0. The number of likely N-dealkylation sites (N-methyl/N-ethyl adjacent to an activating group) is 1. The van der Waals surface area contributed by atoms with Gasteiger partial charge in [0.25, 0.3) is 0 Å². The van der Waals surface area contributed by atoms with Crippen molar-refractivity contribution in [3.8, 4) is 0 Å². The third-order valence-electron chi connectivity index (χ3n) is 3.10. The van der Waals surface area contributed by atoms with Gasteiger partial charge in [-0.25, -0.2) is 0 Å². The number of nitrogens with zero attached hydrogens (tertiary/aromatic N) is 1. The summed E-state index contributed by atoms with van der Waals surface area (Å²) in [5.41, 5.74) is 0. The van der Waals surface area contributed by atoms with Crippen molar-refractivity contribution in [2.75, 3.05) is 7.05 Å². The van der Waals surface area contributed by atoms with Gasteiger partial charge in [-0.05, 0) is 30.5 Å². The molecular formula is C13H17NO2. The number of hydrogen-bond acceptors (Lipinski definition) is 2. The maximum atomic E-state index is 11.3. The highest BCUT2D eigenvalue weighted by Gasteiger charge is 2.36. The molecule has 0 aliphatic heterocycles. The summed E-state index contributed by atoms with van der Waals surface area (Å²) in [7, 11) is 1.74. The minimum atomic E-state index is -0.0854. The van der Waals surface area contributed by atoms with E-state index in [0.717, 1.165) is 17.4 Å². The van der Waals surface area contributed by atoms with Gasteiger partial charge in [0.05, 0.1) is 6.54 Å². The lowest BCUT2D eigenvalue weighted by atomic mass is 10.3. The summed E-state index contributed by atoms with van der Waals surface area (Å²) < 4.78 is 5.72. The van der Waals surface area contributed by atoms with Crippen LogP contribution in [-0.2, 0) is 11.3 Å². The van der Waals surface area contributed by atoms with Gasteiger partial charge in [0, 0.05) is 13.0 Å². The summed E-state index contributed by atoms with van der Waals surface area (Å²) in [6.45, 7) is 6.18. The Balaban J connectivity index is 1.97. The molecule has 3 nitrogen and oxygen atoms in total. The van der Waals surface area contributed by atoms with Crippen LogP contribution in [0.3, 0.4) is 0 Å². The molecule has 1 saturated carbocycles. The maximum absolute atomic E-state index is 11.3.